The summed E-state index contributed by atoms with van der Waals surface area (Å²) in [5.74, 6) is -0.516. The van der Waals surface area contributed by atoms with Crippen molar-refractivity contribution in [3.63, 3.8) is 0 Å². The summed E-state index contributed by atoms with van der Waals surface area (Å²) in [7, 11) is 0. The number of ether oxygens (including phenoxy) is 1. The van der Waals surface area contributed by atoms with Crippen molar-refractivity contribution in [2.75, 3.05) is 6.61 Å². The molecule has 362 valence electrons. The third-order valence-corrected chi connectivity index (χ3v) is 12.1. The van der Waals surface area contributed by atoms with Crippen molar-refractivity contribution in [3.8, 4) is 0 Å². The van der Waals surface area contributed by atoms with Crippen molar-refractivity contribution < 1.29 is 24.5 Å². The van der Waals surface area contributed by atoms with E-state index in [1.54, 1.807) is 0 Å². The highest BCUT2D eigenvalue weighted by Gasteiger charge is 2.24. The van der Waals surface area contributed by atoms with Gasteiger partial charge in [0.15, 0.2) is 0 Å². The topological polar surface area (TPSA) is 95.9 Å². The largest absolute Gasteiger partial charge is 0.462 e. The first kappa shape index (κ1) is 59.8. The maximum Gasteiger partial charge on any atom is 0.306 e. The molecule has 3 unspecified atom stereocenters. The minimum Gasteiger partial charge on any atom is -0.462 e. The number of allylic oxidation sites excluding steroid dienone is 8. The van der Waals surface area contributed by atoms with Gasteiger partial charge in [-0.1, -0.05) is 217 Å². The standard InChI is InChI=1S/C56H103NO5/c1-4-7-10-13-16-19-22-24-26-27-28-30-32-34-37-40-43-46-49-56(61)62-52(47-44-41-38-35-33-31-29-25-23-20-17-14-11-8-5-2)50-55(60)57-53(51-58)54(59)48-45-42-39-36-21-18-15-12-9-6-3/h17,20,25,28-30,33,35,52-54,58-59H,4-16,18-19,21-24,26-27,31-32,34,36-51H2,1-3H3,(H,57,60)/b20-17-,29-25-,30-28+,35-33-. The van der Waals surface area contributed by atoms with Crippen LogP contribution in [0.2, 0.25) is 0 Å². The molecule has 0 rings (SSSR count). The van der Waals surface area contributed by atoms with Crippen LogP contribution in [0.1, 0.15) is 271 Å². The number of aliphatic hydroxyl groups is 2. The Bertz CT molecular complexity index is 1070. The van der Waals surface area contributed by atoms with E-state index in [4.69, 9.17) is 4.74 Å². The molecular weight excluding hydrogens is 767 g/mol. The second kappa shape index (κ2) is 49.8. The monoisotopic (exact) mass is 870 g/mol. The molecule has 62 heavy (non-hydrogen) atoms. The van der Waals surface area contributed by atoms with Crippen LogP contribution in [-0.2, 0) is 14.3 Å². The molecule has 0 radical (unpaired) electrons. The van der Waals surface area contributed by atoms with Crippen LogP contribution in [0.5, 0.6) is 0 Å². The zero-order valence-electron chi connectivity index (χ0n) is 41.3. The van der Waals surface area contributed by atoms with Crippen LogP contribution >= 0.6 is 0 Å². The Balaban J connectivity index is 4.62. The molecule has 0 spiro atoms. The number of esters is 1. The molecule has 1 amide bonds. The van der Waals surface area contributed by atoms with Gasteiger partial charge in [-0.05, 0) is 89.9 Å². The lowest BCUT2D eigenvalue weighted by Crippen LogP contribution is -2.46. The molecule has 0 heterocycles. The van der Waals surface area contributed by atoms with Gasteiger partial charge in [0.2, 0.25) is 5.91 Å². The lowest BCUT2D eigenvalue weighted by atomic mass is 10.0. The number of rotatable bonds is 48. The van der Waals surface area contributed by atoms with Crippen LogP contribution in [-0.4, -0.2) is 46.9 Å². The Morgan fingerprint density at radius 1 is 0.468 bits per heavy atom. The van der Waals surface area contributed by atoms with Crippen LogP contribution < -0.4 is 5.32 Å². The third-order valence-electron chi connectivity index (χ3n) is 12.1. The van der Waals surface area contributed by atoms with Crippen LogP contribution in [0.15, 0.2) is 48.6 Å². The second-order valence-corrected chi connectivity index (χ2v) is 18.3. The highest BCUT2D eigenvalue weighted by atomic mass is 16.5. The fourth-order valence-electron chi connectivity index (χ4n) is 8.02. The summed E-state index contributed by atoms with van der Waals surface area (Å²) in [6, 6.07) is -0.714. The van der Waals surface area contributed by atoms with Gasteiger partial charge in [0.25, 0.3) is 0 Å². The van der Waals surface area contributed by atoms with Gasteiger partial charge in [-0.15, -0.1) is 0 Å². The molecule has 0 saturated carbocycles. The molecule has 3 N–H and O–H groups in total. The summed E-state index contributed by atoms with van der Waals surface area (Å²) in [6.07, 6.45) is 60.3. The number of carbonyl (C=O) groups is 2. The molecule has 0 bridgehead atoms. The predicted octanol–water partition coefficient (Wildman–Crippen LogP) is 16.2. The van der Waals surface area contributed by atoms with Crippen molar-refractivity contribution in [3.05, 3.63) is 48.6 Å². The van der Waals surface area contributed by atoms with E-state index in [0.29, 0.717) is 19.3 Å². The van der Waals surface area contributed by atoms with E-state index in [9.17, 15) is 19.8 Å². The van der Waals surface area contributed by atoms with Gasteiger partial charge >= 0.3 is 5.97 Å². The molecule has 0 aromatic heterocycles. The molecule has 0 aliphatic heterocycles. The molecular formula is C56H103NO5. The van der Waals surface area contributed by atoms with Gasteiger partial charge in [-0.2, -0.15) is 0 Å². The summed E-state index contributed by atoms with van der Waals surface area (Å²) >= 11 is 0. The van der Waals surface area contributed by atoms with E-state index in [1.165, 1.54) is 148 Å². The van der Waals surface area contributed by atoms with Gasteiger partial charge in [-0.3, -0.25) is 9.59 Å². The van der Waals surface area contributed by atoms with Gasteiger partial charge in [-0.25, -0.2) is 0 Å². The molecule has 0 fully saturated rings. The Hall–Kier alpha value is -2.18. The Morgan fingerprint density at radius 3 is 1.31 bits per heavy atom. The van der Waals surface area contributed by atoms with Gasteiger partial charge < -0.3 is 20.3 Å². The quantitative estimate of drug-likeness (QED) is 0.0322. The number of hydrogen-bond acceptors (Lipinski definition) is 5. The van der Waals surface area contributed by atoms with Crippen molar-refractivity contribution in [2.45, 2.75) is 289 Å². The molecule has 0 aliphatic rings. The minimum absolute atomic E-state index is 0.0491. The Labute approximate surface area is 385 Å². The molecule has 3 atom stereocenters. The maximum absolute atomic E-state index is 13.2. The van der Waals surface area contributed by atoms with E-state index in [0.717, 1.165) is 77.0 Å². The van der Waals surface area contributed by atoms with E-state index in [2.05, 4.69) is 74.7 Å². The Kier molecular flexibility index (Phi) is 48.1. The zero-order chi connectivity index (χ0) is 45.2. The van der Waals surface area contributed by atoms with Crippen molar-refractivity contribution in [1.82, 2.24) is 5.32 Å². The molecule has 0 aromatic carbocycles. The van der Waals surface area contributed by atoms with E-state index >= 15 is 0 Å². The van der Waals surface area contributed by atoms with E-state index < -0.39 is 18.2 Å². The number of unbranched alkanes of at least 4 members (excludes halogenated alkanes) is 28. The average Bonchev–Trinajstić information content (AvgIpc) is 3.26. The van der Waals surface area contributed by atoms with E-state index in [1.807, 2.05) is 0 Å². The summed E-state index contributed by atoms with van der Waals surface area (Å²) in [5.41, 5.74) is 0. The van der Waals surface area contributed by atoms with Crippen molar-refractivity contribution in [2.24, 2.45) is 0 Å². The van der Waals surface area contributed by atoms with Crippen molar-refractivity contribution in [1.29, 1.82) is 0 Å². The SMILES string of the molecule is CCCCC/C=C\C/C=C\C/C=C\CCCCC(CC(=O)NC(CO)C(O)CCCCCCCCCCCC)OC(=O)CCCCCCC/C=C/CCCCCCCCCCC. The first-order valence-corrected chi connectivity index (χ1v) is 26.9. The normalized spacial score (nSPS) is 13.6. The van der Waals surface area contributed by atoms with Gasteiger partial charge in [0.05, 0.1) is 25.2 Å². The zero-order valence-corrected chi connectivity index (χ0v) is 41.3. The summed E-state index contributed by atoms with van der Waals surface area (Å²) < 4.78 is 5.92. The molecule has 6 heteroatoms. The maximum atomic E-state index is 13.2. The van der Waals surface area contributed by atoms with Crippen molar-refractivity contribution >= 4 is 11.9 Å². The highest BCUT2D eigenvalue weighted by molar-refractivity contribution is 5.77. The number of aliphatic hydroxyl groups excluding tert-OH is 2. The molecule has 0 saturated heterocycles. The number of nitrogens with one attached hydrogen (secondary N) is 1. The number of carbonyl (C=O) groups excluding carboxylic acids is 2. The van der Waals surface area contributed by atoms with Crippen LogP contribution in [0.3, 0.4) is 0 Å². The van der Waals surface area contributed by atoms with E-state index in [-0.39, 0.29) is 24.9 Å². The first-order valence-electron chi connectivity index (χ1n) is 26.9. The fraction of sp³-hybridized carbons (Fsp3) is 0.821. The smallest absolute Gasteiger partial charge is 0.306 e. The van der Waals surface area contributed by atoms with Crippen LogP contribution in [0, 0.1) is 0 Å². The molecule has 0 aliphatic carbocycles. The summed E-state index contributed by atoms with van der Waals surface area (Å²) in [4.78, 5) is 26.2. The number of hydrogen-bond donors (Lipinski definition) is 3. The minimum atomic E-state index is -0.798. The van der Waals surface area contributed by atoms with Crippen LogP contribution in [0.4, 0.5) is 0 Å². The summed E-state index contributed by atoms with van der Waals surface area (Å²) in [5, 5.41) is 23.7. The molecule has 6 nitrogen and oxygen atoms in total. The predicted molar refractivity (Wildman–Crippen MR) is 269 cm³/mol. The lowest BCUT2D eigenvalue weighted by molar-refractivity contribution is -0.151. The molecule has 0 aromatic rings. The lowest BCUT2D eigenvalue weighted by Gasteiger charge is -2.24. The Morgan fingerprint density at radius 2 is 0.823 bits per heavy atom. The highest BCUT2D eigenvalue weighted by Crippen LogP contribution is 2.17. The van der Waals surface area contributed by atoms with Gasteiger partial charge in [0.1, 0.15) is 6.10 Å². The summed E-state index contributed by atoms with van der Waals surface area (Å²) in [6.45, 7) is 6.44. The van der Waals surface area contributed by atoms with Crippen LogP contribution in [0.25, 0.3) is 0 Å². The first-order chi connectivity index (χ1) is 30.5. The fourth-order valence-corrected chi connectivity index (χ4v) is 8.02. The second-order valence-electron chi connectivity index (χ2n) is 18.3. The van der Waals surface area contributed by atoms with Gasteiger partial charge in [0, 0.05) is 6.42 Å². The third kappa shape index (κ3) is 44.4. The number of amides is 1. The average molecular weight is 870 g/mol.